The van der Waals surface area contributed by atoms with E-state index in [1.807, 2.05) is 18.9 Å². The molecule has 0 radical (unpaired) electrons. The molecule has 0 aliphatic carbocycles. The van der Waals surface area contributed by atoms with E-state index in [-0.39, 0.29) is 16.2 Å². The maximum absolute atomic E-state index is 12.9. The fraction of sp³-hybridized carbons (Fsp3) is 0.478. The van der Waals surface area contributed by atoms with Crippen LogP contribution in [0.2, 0.25) is 5.02 Å². The Balaban J connectivity index is 1.37. The zero-order chi connectivity index (χ0) is 24.0. The largest absolute Gasteiger partial charge is 0.382 e. The molecular weight excluding hydrogens is 466 g/mol. The molecule has 2 fully saturated rings. The molecule has 1 atom stereocenters. The highest BCUT2D eigenvalue weighted by Gasteiger charge is 2.42. The van der Waals surface area contributed by atoms with E-state index in [1.54, 1.807) is 29.3 Å². The summed E-state index contributed by atoms with van der Waals surface area (Å²) in [4.78, 5) is 26.8. The highest BCUT2D eigenvalue weighted by atomic mass is 35.5. The Kier molecular flexibility index (Phi) is 6.43. The Labute approximate surface area is 198 Å². The smallest absolute Gasteiger partial charge is 0.252 e. The number of hydrazine groups is 1. The van der Waals surface area contributed by atoms with Crippen LogP contribution in [0.15, 0.2) is 41.3 Å². The summed E-state index contributed by atoms with van der Waals surface area (Å²) >= 11 is 5.98. The van der Waals surface area contributed by atoms with E-state index in [4.69, 9.17) is 11.6 Å². The van der Waals surface area contributed by atoms with Crippen LogP contribution in [-0.4, -0.2) is 84.8 Å². The summed E-state index contributed by atoms with van der Waals surface area (Å²) in [5, 5.41) is 16.2. The Morgan fingerprint density at radius 2 is 1.70 bits per heavy atom. The van der Waals surface area contributed by atoms with Crippen LogP contribution in [0.1, 0.15) is 20.3 Å². The molecule has 0 aromatic heterocycles. The summed E-state index contributed by atoms with van der Waals surface area (Å²) in [6.07, 6.45) is -0.876. The number of carbonyl (C=O) groups excluding carboxylic acids is 2. The van der Waals surface area contributed by atoms with Crippen molar-refractivity contribution in [3.8, 4) is 0 Å². The van der Waals surface area contributed by atoms with Crippen LogP contribution >= 0.6 is 11.6 Å². The molecule has 33 heavy (non-hydrogen) atoms. The monoisotopic (exact) mass is 493 g/mol. The topological polar surface area (TPSA) is 98.2 Å². The molecule has 2 aromatic carbocycles. The van der Waals surface area contributed by atoms with E-state index in [0.29, 0.717) is 43.1 Å². The lowest BCUT2D eigenvalue weighted by molar-refractivity contribution is -0.155. The molecule has 2 aliphatic rings. The Hall–Kier alpha value is -2.20. The van der Waals surface area contributed by atoms with Crippen LogP contribution in [0.5, 0.6) is 0 Å². The number of rotatable bonds is 5. The highest BCUT2D eigenvalue weighted by molar-refractivity contribution is 7.91. The van der Waals surface area contributed by atoms with Crippen molar-refractivity contribution in [3.05, 3.63) is 41.4 Å². The normalized spacial score (nSPS) is 20.4. The second-order valence-electron chi connectivity index (χ2n) is 9.29. The van der Waals surface area contributed by atoms with Crippen molar-refractivity contribution in [1.29, 1.82) is 0 Å². The van der Waals surface area contributed by atoms with Crippen LogP contribution in [0.4, 0.5) is 0 Å². The number of nitrogens with zero attached hydrogens (tertiary/aromatic N) is 3. The van der Waals surface area contributed by atoms with Crippen LogP contribution in [-0.2, 0) is 19.4 Å². The minimum Gasteiger partial charge on any atom is -0.382 e. The summed E-state index contributed by atoms with van der Waals surface area (Å²) < 4.78 is 25.7. The van der Waals surface area contributed by atoms with E-state index in [0.717, 1.165) is 11.8 Å². The number of sulfone groups is 1. The van der Waals surface area contributed by atoms with E-state index in [1.165, 1.54) is 17.0 Å². The van der Waals surface area contributed by atoms with Gasteiger partial charge in [-0.05, 0) is 41.5 Å². The third-order valence-corrected chi connectivity index (χ3v) is 8.43. The number of hydrogen-bond donors (Lipinski definition) is 1. The molecule has 1 N–H and O–H groups in total. The van der Waals surface area contributed by atoms with Gasteiger partial charge in [0.05, 0.1) is 10.6 Å². The van der Waals surface area contributed by atoms with Gasteiger partial charge in [0, 0.05) is 43.2 Å². The van der Waals surface area contributed by atoms with E-state index in [9.17, 15) is 23.1 Å². The molecule has 2 aliphatic heterocycles. The molecule has 178 valence electrons. The first-order valence-corrected chi connectivity index (χ1v) is 13.0. The Morgan fingerprint density at radius 1 is 1.06 bits per heavy atom. The van der Waals surface area contributed by atoms with Crippen molar-refractivity contribution in [2.45, 2.75) is 31.3 Å². The molecule has 2 amide bonds. The molecule has 0 spiro atoms. The van der Waals surface area contributed by atoms with Gasteiger partial charge in [0.15, 0.2) is 9.84 Å². The second-order valence-corrected chi connectivity index (χ2v) is 11.8. The van der Waals surface area contributed by atoms with Crippen LogP contribution in [0, 0.1) is 5.41 Å². The predicted molar refractivity (Wildman–Crippen MR) is 125 cm³/mol. The first kappa shape index (κ1) is 23.9. The van der Waals surface area contributed by atoms with Gasteiger partial charge in [-0.2, -0.15) is 0 Å². The maximum atomic E-state index is 12.9. The second kappa shape index (κ2) is 8.87. The van der Waals surface area contributed by atoms with Gasteiger partial charge in [0.25, 0.3) is 5.91 Å². The molecule has 0 saturated carbocycles. The van der Waals surface area contributed by atoms with Crippen LogP contribution in [0.25, 0.3) is 10.8 Å². The highest BCUT2D eigenvalue weighted by Crippen LogP contribution is 2.32. The number of piperazine rings is 1. The van der Waals surface area contributed by atoms with Gasteiger partial charge in [0.1, 0.15) is 6.10 Å². The Morgan fingerprint density at radius 3 is 2.33 bits per heavy atom. The number of amides is 2. The third kappa shape index (κ3) is 4.87. The van der Waals surface area contributed by atoms with Gasteiger partial charge in [-0.3, -0.25) is 14.6 Å². The first-order chi connectivity index (χ1) is 15.5. The summed E-state index contributed by atoms with van der Waals surface area (Å²) in [7, 11) is -3.88. The minimum atomic E-state index is -3.88. The van der Waals surface area contributed by atoms with Crippen LogP contribution < -0.4 is 0 Å². The number of aliphatic hydroxyl groups excluding tert-OH is 1. The lowest BCUT2D eigenvalue weighted by atomic mass is 9.92. The van der Waals surface area contributed by atoms with Gasteiger partial charge in [0.2, 0.25) is 5.91 Å². The first-order valence-electron chi connectivity index (χ1n) is 10.9. The molecule has 2 heterocycles. The van der Waals surface area contributed by atoms with Gasteiger partial charge in [-0.1, -0.05) is 37.6 Å². The number of fused-ring (bicyclic) bond motifs is 1. The number of benzene rings is 2. The molecule has 0 bridgehead atoms. The van der Waals surface area contributed by atoms with Crippen molar-refractivity contribution in [2.24, 2.45) is 5.41 Å². The Bertz CT molecular complexity index is 1190. The number of aliphatic hydroxyl groups is 1. The maximum Gasteiger partial charge on any atom is 0.252 e. The van der Waals surface area contributed by atoms with Crippen molar-refractivity contribution < 1.29 is 23.1 Å². The van der Waals surface area contributed by atoms with Crippen molar-refractivity contribution in [2.75, 3.05) is 38.5 Å². The molecule has 8 nitrogen and oxygen atoms in total. The van der Waals surface area contributed by atoms with E-state index < -0.39 is 27.6 Å². The number of carbonyl (C=O) groups is 2. The van der Waals surface area contributed by atoms with Gasteiger partial charge in [-0.25, -0.2) is 13.4 Å². The summed E-state index contributed by atoms with van der Waals surface area (Å²) in [5.74, 6) is -1.23. The fourth-order valence-corrected chi connectivity index (χ4v) is 5.86. The zero-order valence-electron chi connectivity index (χ0n) is 18.7. The molecule has 0 unspecified atom stereocenters. The van der Waals surface area contributed by atoms with Crippen molar-refractivity contribution in [1.82, 2.24) is 14.9 Å². The van der Waals surface area contributed by atoms with Gasteiger partial charge < -0.3 is 10.0 Å². The van der Waals surface area contributed by atoms with Crippen molar-refractivity contribution in [3.63, 3.8) is 0 Å². The summed E-state index contributed by atoms with van der Waals surface area (Å²) in [6.45, 7) is 6.06. The third-order valence-electron chi connectivity index (χ3n) is 6.47. The lowest BCUT2D eigenvalue weighted by Gasteiger charge is -2.40. The quantitative estimate of drug-likeness (QED) is 0.683. The molecular formula is C23H28ClN3O5S. The van der Waals surface area contributed by atoms with Gasteiger partial charge >= 0.3 is 0 Å². The standard InChI is InChI=1S/C23H28ClN3O5S/c1-23(2)7-8-27(22(23)30)26-11-9-25(10-12-26)21(29)20(28)15-33(31,32)19-6-4-16-13-18(24)5-3-17(16)14-19/h3-6,13-14,20,28H,7-12,15H2,1-2H3/t20-/m1/s1. The summed E-state index contributed by atoms with van der Waals surface area (Å²) in [5.41, 5.74) is -0.382. The SMILES string of the molecule is CC1(C)CCN(N2CCN(C(=O)[C@H](O)CS(=O)(=O)c3ccc4cc(Cl)ccc4c3)CC2)C1=O. The average molecular weight is 494 g/mol. The minimum absolute atomic E-state index is 0.0455. The zero-order valence-corrected chi connectivity index (χ0v) is 20.3. The number of hydrogen-bond acceptors (Lipinski definition) is 6. The fourth-order valence-electron chi connectivity index (χ4n) is 4.35. The number of halogens is 1. The van der Waals surface area contributed by atoms with Gasteiger partial charge in [-0.15, -0.1) is 0 Å². The molecule has 2 saturated heterocycles. The van der Waals surface area contributed by atoms with Crippen molar-refractivity contribution >= 4 is 44.0 Å². The summed E-state index contributed by atoms with van der Waals surface area (Å²) in [6, 6.07) is 9.77. The van der Waals surface area contributed by atoms with E-state index in [2.05, 4.69) is 0 Å². The van der Waals surface area contributed by atoms with Crippen LogP contribution in [0.3, 0.4) is 0 Å². The molecule has 2 aromatic rings. The lowest BCUT2D eigenvalue weighted by Crippen LogP contribution is -2.57. The molecule has 10 heteroatoms. The molecule has 4 rings (SSSR count). The average Bonchev–Trinajstić information content (AvgIpc) is 3.05. The van der Waals surface area contributed by atoms with E-state index >= 15 is 0 Å². The predicted octanol–water partition coefficient (Wildman–Crippen LogP) is 1.95.